The van der Waals surface area contributed by atoms with Gasteiger partial charge in [0.2, 0.25) is 5.91 Å². The molecule has 5 rings (SSSR count). The Bertz CT molecular complexity index is 693. The summed E-state index contributed by atoms with van der Waals surface area (Å²) < 4.78 is 5.64. The quantitative estimate of drug-likeness (QED) is 0.631. The minimum atomic E-state index is -0.172. The van der Waals surface area contributed by atoms with Crippen LogP contribution in [0.1, 0.15) is 44.1 Å². The monoisotopic (exact) mass is 425 g/mol. The van der Waals surface area contributed by atoms with Crippen LogP contribution in [0.5, 0.6) is 5.75 Å². The summed E-state index contributed by atoms with van der Waals surface area (Å²) in [6.07, 6.45) is 6.91. The van der Waals surface area contributed by atoms with E-state index in [1.807, 2.05) is 30.1 Å². The Balaban J connectivity index is 1.56. The van der Waals surface area contributed by atoms with Gasteiger partial charge in [-0.15, -0.1) is 0 Å². The first kappa shape index (κ1) is 17.7. The number of benzene rings is 1. The number of methoxy groups -OCH3 is 1. The number of ether oxygens (including phenoxy) is 1. The van der Waals surface area contributed by atoms with Crippen molar-refractivity contribution in [1.82, 2.24) is 4.90 Å². The van der Waals surface area contributed by atoms with Crippen molar-refractivity contribution in [3.8, 4) is 5.75 Å². The first-order valence-electron chi connectivity index (χ1n) is 9.09. The van der Waals surface area contributed by atoms with Crippen LogP contribution in [0.2, 0.25) is 5.02 Å². The molecule has 4 aliphatic rings. The third-order valence-corrected chi connectivity index (χ3v) is 7.60. The van der Waals surface area contributed by atoms with E-state index in [0.29, 0.717) is 29.3 Å². The van der Waals surface area contributed by atoms with Gasteiger partial charge in [-0.2, -0.15) is 0 Å². The predicted molar refractivity (Wildman–Crippen MR) is 103 cm³/mol. The van der Waals surface area contributed by atoms with Crippen molar-refractivity contribution in [3.05, 3.63) is 28.8 Å². The van der Waals surface area contributed by atoms with E-state index in [1.54, 1.807) is 7.11 Å². The van der Waals surface area contributed by atoms with Gasteiger partial charge in [-0.3, -0.25) is 4.79 Å². The van der Waals surface area contributed by atoms with Crippen molar-refractivity contribution in [3.63, 3.8) is 0 Å². The van der Waals surface area contributed by atoms with Gasteiger partial charge in [-0.25, -0.2) is 0 Å². The summed E-state index contributed by atoms with van der Waals surface area (Å²) in [5, 5.41) is 0.672. The molecule has 1 aromatic rings. The third-order valence-electron chi connectivity index (χ3n) is 6.44. The molecule has 3 nitrogen and oxygen atoms in total. The zero-order valence-corrected chi connectivity index (χ0v) is 17.2. The van der Waals surface area contributed by atoms with Crippen molar-refractivity contribution < 1.29 is 9.53 Å². The average molecular weight is 427 g/mol. The number of hydrogen-bond donors (Lipinski definition) is 0. The molecule has 5 heteroatoms. The van der Waals surface area contributed by atoms with E-state index in [-0.39, 0.29) is 9.74 Å². The van der Waals surface area contributed by atoms with E-state index in [1.165, 1.54) is 19.3 Å². The van der Waals surface area contributed by atoms with Crippen LogP contribution in [-0.4, -0.2) is 29.3 Å². The van der Waals surface area contributed by atoms with Gasteiger partial charge >= 0.3 is 0 Å². The minimum Gasteiger partial charge on any atom is -0.496 e. The molecule has 1 amide bonds. The van der Waals surface area contributed by atoms with Gasteiger partial charge in [-0.05, 0) is 68.6 Å². The second kappa shape index (κ2) is 6.16. The lowest BCUT2D eigenvalue weighted by Gasteiger charge is -2.60. The van der Waals surface area contributed by atoms with Crippen LogP contribution in [0.3, 0.4) is 0 Å². The summed E-state index contributed by atoms with van der Waals surface area (Å²) in [7, 11) is 3.57. The highest BCUT2D eigenvalue weighted by atomic mass is 79.9. The van der Waals surface area contributed by atoms with Crippen molar-refractivity contribution >= 4 is 33.4 Å². The molecular weight excluding hydrogens is 402 g/mol. The second-order valence-electron chi connectivity index (χ2n) is 8.51. The molecule has 0 spiro atoms. The van der Waals surface area contributed by atoms with Crippen LogP contribution in [0.4, 0.5) is 0 Å². The second-order valence-corrected chi connectivity index (χ2v) is 10.6. The van der Waals surface area contributed by atoms with Gasteiger partial charge in [-0.1, -0.05) is 27.5 Å². The lowest BCUT2D eigenvalue weighted by molar-refractivity contribution is -0.154. The van der Waals surface area contributed by atoms with Crippen molar-refractivity contribution in [2.45, 2.75) is 49.4 Å². The summed E-state index contributed by atoms with van der Waals surface area (Å²) >= 11 is 10.1. The molecule has 1 aromatic carbocycles. The molecule has 2 unspecified atom stereocenters. The van der Waals surface area contributed by atoms with Gasteiger partial charge in [0.05, 0.1) is 12.5 Å². The molecule has 0 saturated heterocycles. The topological polar surface area (TPSA) is 29.5 Å². The summed E-state index contributed by atoms with van der Waals surface area (Å²) in [4.78, 5) is 15.3. The molecule has 2 atom stereocenters. The molecule has 0 aliphatic heterocycles. The molecule has 0 aromatic heterocycles. The third kappa shape index (κ3) is 3.10. The molecule has 4 saturated carbocycles. The van der Waals surface area contributed by atoms with Crippen LogP contribution in [-0.2, 0) is 11.3 Å². The summed E-state index contributed by atoms with van der Waals surface area (Å²) in [5.74, 6) is 2.50. The standard InChI is InChI=1S/C20H25BrClNO2/c1-23(11-15-6-16(22)3-4-17(15)25-2)18(24)19-7-13-5-14(8-19)10-20(21,9-13)12-19/h3-4,6,13-14H,5,7-12H2,1-2H3. The Labute approximate surface area is 163 Å². The first-order valence-corrected chi connectivity index (χ1v) is 10.3. The Morgan fingerprint density at radius 2 is 2.00 bits per heavy atom. The zero-order chi connectivity index (χ0) is 17.8. The molecule has 25 heavy (non-hydrogen) atoms. The highest BCUT2D eigenvalue weighted by molar-refractivity contribution is 9.10. The van der Waals surface area contributed by atoms with Crippen LogP contribution in [0.25, 0.3) is 0 Å². The fourth-order valence-electron chi connectivity index (χ4n) is 6.00. The number of halogens is 2. The Kier molecular flexibility index (Phi) is 4.35. The van der Waals surface area contributed by atoms with E-state index >= 15 is 0 Å². The highest BCUT2D eigenvalue weighted by Crippen LogP contribution is 2.64. The lowest BCUT2D eigenvalue weighted by Crippen LogP contribution is -2.58. The van der Waals surface area contributed by atoms with E-state index in [0.717, 1.165) is 30.6 Å². The number of nitrogens with zero attached hydrogens (tertiary/aromatic N) is 1. The number of amides is 1. The van der Waals surface area contributed by atoms with Crippen molar-refractivity contribution in [1.29, 1.82) is 0 Å². The first-order chi connectivity index (χ1) is 11.8. The van der Waals surface area contributed by atoms with Crippen molar-refractivity contribution in [2.24, 2.45) is 17.3 Å². The van der Waals surface area contributed by atoms with E-state index in [4.69, 9.17) is 16.3 Å². The maximum atomic E-state index is 13.5. The normalized spacial score (nSPS) is 35.7. The number of rotatable bonds is 4. The number of carbonyl (C=O) groups excluding carboxylic acids is 1. The smallest absolute Gasteiger partial charge is 0.228 e. The molecule has 0 N–H and O–H groups in total. The zero-order valence-electron chi connectivity index (χ0n) is 14.9. The molecule has 4 aliphatic carbocycles. The molecule has 4 bridgehead atoms. The fourth-order valence-corrected chi connectivity index (χ4v) is 7.65. The molecule has 0 radical (unpaired) electrons. The summed E-state index contributed by atoms with van der Waals surface area (Å²) in [6, 6.07) is 5.59. The van der Waals surface area contributed by atoms with Crippen molar-refractivity contribution in [2.75, 3.05) is 14.2 Å². The maximum Gasteiger partial charge on any atom is 0.228 e. The summed E-state index contributed by atoms with van der Waals surface area (Å²) in [6.45, 7) is 0.537. The SMILES string of the molecule is COc1ccc(Cl)cc1CN(C)C(=O)C12CC3CC(CC(Br)(C3)C1)C2. The molecule has 136 valence electrons. The van der Waals surface area contributed by atoms with Gasteiger partial charge in [0.25, 0.3) is 0 Å². The minimum absolute atomic E-state index is 0.172. The average Bonchev–Trinajstić information content (AvgIpc) is 2.52. The van der Waals surface area contributed by atoms with E-state index in [2.05, 4.69) is 15.9 Å². The van der Waals surface area contributed by atoms with Gasteiger partial charge in [0, 0.05) is 28.5 Å². The summed E-state index contributed by atoms with van der Waals surface area (Å²) in [5.41, 5.74) is 0.790. The van der Waals surface area contributed by atoms with Crippen LogP contribution in [0, 0.1) is 17.3 Å². The fraction of sp³-hybridized carbons (Fsp3) is 0.650. The van der Waals surface area contributed by atoms with Gasteiger partial charge < -0.3 is 9.64 Å². The molecule has 0 heterocycles. The van der Waals surface area contributed by atoms with Gasteiger partial charge in [0.1, 0.15) is 5.75 Å². The van der Waals surface area contributed by atoms with Crippen LogP contribution in [0.15, 0.2) is 18.2 Å². The maximum absolute atomic E-state index is 13.5. The Morgan fingerprint density at radius 1 is 1.32 bits per heavy atom. The number of alkyl halides is 1. The predicted octanol–water partition coefficient (Wildman–Crippen LogP) is 5.04. The molecular formula is C20H25BrClNO2. The number of hydrogen-bond acceptors (Lipinski definition) is 2. The van der Waals surface area contributed by atoms with Gasteiger partial charge in [0.15, 0.2) is 0 Å². The Hall–Kier alpha value is -0.740. The highest BCUT2D eigenvalue weighted by Gasteiger charge is 2.60. The molecule has 4 fully saturated rings. The lowest BCUT2D eigenvalue weighted by atomic mass is 9.49. The number of carbonyl (C=O) groups is 1. The van der Waals surface area contributed by atoms with E-state index in [9.17, 15) is 4.79 Å². The van der Waals surface area contributed by atoms with Crippen LogP contribution < -0.4 is 4.74 Å². The Morgan fingerprint density at radius 3 is 2.60 bits per heavy atom. The largest absolute Gasteiger partial charge is 0.496 e. The van der Waals surface area contributed by atoms with Crippen LogP contribution >= 0.6 is 27.5 Å². The van der Waals surface area contributed by atoms with E-state index < -0.39 is 0 Å².